The molecule has 2 nitrogen and oxygen atoms in total. The number of halogens is 4. The van der Waals surface area contributed by atoms with Gasteiger partial charge in [0.05, 0.1) is 12.5 Å². The molecule has 0 bridgehead atoms. The van der Waals surface area contributed by atoms with E-state index >= 15 is 0 Å². The van der Waals surface area contributed by atoms with Crippen molar-refractivity contribution < 1.29 is 8.78 Å². The lowest BCUT2D eigenvalue weighted by Gasteiger charge is -2.07. The molecule has 1 rings (SSSR count). The van der Waals surface area contributed by atoms with Crippen molar-refractivity contribution in [2.24, 2.45) is 0 Å². The van der Waals surface area contributed by atoms with Crippen LogP contribution in [-0.4, -0.2) is 4.98 Å². The fraction of sp³-hybridized carbons (Fsp3) is 0.250. The predicted octanol–water partition coefficient (Wildman–Crippen LogP) is 3.39. The van der Waals surface area contributed by atoms with Crippen LogP contribution in [0, 0.1) is 11.3 Å². The van der Waals surface area contributed by atoms with Crippen molar-refractivity contribution >= 4 is 23.2 Å². The highest BCUT2D eigenvalue weighted by Crippen LogP contribution is 2.29. The lowest BCUT2D eigenvalue weighted by molar-refractivity contribution is 0.145. The Hall–Kier alpha value is -0.920. The van der Waals surface area contributed by atoms with Crippen LogP contribution in [0.3, 0.4) is 0 Å². The van der Waals surface area contributed by atoms with Crippen LogP contribution >= 0.6 is 23.2 Å². The smallest absolute Gasteiger partial charge is 0.235 e. The molecule has 0 saturated carbocycles. The molecule has 0 spiro atoms. The normalized spacial score (nSPS) is 10.3. The summed E-state index contributed by atoms with van der Waals surface area (Å²) in [6, 6.07) is 2.98. The molecule has 1 heterocycles. The zero-order valence-corrected chi connectivity index (χ0v) is 8.28. The van der Waals surface area contributed by atoms with Crippen LogP contribution in [0.25, 0.3) is 0 Å². The van der Waals surface area contributed by atoms with E-state index in [4.69, 9.17) is 28.5 Å². The summed E-state index contributed by atoms with van der Waals surface area (Å²) in [7, 11) is 0. The van der Waals surface area contributed by atoms with Crippen LogP contribution in [0.2, 0.25) is 10.2 Å². The Bertz CT molecular complexity index is 388. The lowest BCUT2D eigenvalue weighted by Crippen LogP contribution is -1.99. The molecule has 0 unspecified atom stereocenters. The molecule has 0 aliphatic rings. The highest BCUT2D eigenvalue weighted by Gasteiger charge is 2.18. The summed E-state index contributed by atoms with van der Waals surface area (Å²) in [4.78, 5) is 3.43. The minimum atomic E-state index is -2.78. The van der Waals surface area contributed by atoms with Gasteiger partial charge in [0.1, 0.15) is 10.8 Å². The highest BCUT2D eigenvalue weighted by atomic mass is 35.5. The van der Waals surface area contributed by atoms with Crippen molar-refractivity contribution in [3.63, 3.8) is 0 Å². The Morgan fingerprint density at radius 2 is 2.14 bits per heavy atom. The summed E-state index contributed by atoms with van der Waals surface area (Å²) in [5.74, 6) is 0. The summed E-state index contributed by atoms with van der Waals surface area (Å²) in [5, 5.41) is 8.34. The standard InChI is InChI=1S/C8H4Cl2F2N2/c9-5-3-6(10)14-7(8(11)12)4(5)1-2-13/h3,8H,1H2. The monoisotopic (exact) mass is 236 g/mol. The average molecular weight is 237 g/mol. The van der Waals surface area contributed by atoms with E-state index in [0.29, 0.717) is 0 Å². The number of nitriles is 1. The van der Waals surface area contributed by atoms with E-state index in [9.17, 15) is 8.78 Å². The molecular weight excluding hydrogens is 233 g/mol. The molecule has 0 aliphatic carbocycles. The first-order valence-corrected chi connectivity index (χ1v) is 4.31. The number of pyridine rings is 1. The van der Waals surface area contributed by atoms with E-state index in [1.807, 2.05) is 0 Å². The predicted molar refractivity (Wildman–Crippen MR) is 48.5 cm³/mol. The minimum Gasteiger partial charge on any atom is -0.235 e. The molecule has 0 aliphatic heterocycles. The number of aromatic nitrogens is 1. The first-order valence-electron chi connectivity index (χ1n) is 3.56. The lowest BCUT2D eigenvalue weighted by atomic mass is 10.1. The van der Waals surface area contributed by atoms with Crippen molar-refractivity contribution in [2.75, 3.05) is 0 Å². The Kier molecular flexibility index (Phi) is 3.62. The number of alkyl halides is 2. The van der Waals surface area contributed by atoms with Gasteiger partial charge in [-0.15, -0.1) is 0 Å². The van der Waals surface area contributed by atoms with E-state index in [1.165, 1.54) is 6.07 Å². The molecular formula is C8H4Cl2F2N2. The molecule has 1 aromatic heterocycles. The second-order valence-electron chi connectivity index (χ2n) is 2.43. The molecule has 14 heavy (non-hydrogen) atoms. The molecule has 1 aromatic rings. The fourth-order valence-electron chi connectivity index (χ4n) is 0.963. The topological polar surface area (TPSA) is 36.7 Å². The van der Waals surface area contributed by atoms with Gasteiger partial charge in [-0.2, -0.15) is 5.26 Å². The summed E-state index contributed by atoms with van der Waals surface area (Å²) < 4.78 is 24.8. The van der Waals surface area contributed by atoms with E-state index in [0.717, 1.165) is 0 Å². The van der Waals surface area contributed by atoms with E-state index < -0.39 is 12.1 Å². The number of rotatable bonds is 2. The van der Waals surface area contributed by atoms with Gasteiger partial charge in [0.15, 0.2) is 0 Å². The van der Waals surface area contributed by atoms with Crippen molar-refractivity contribution in [1.29, 1.82) is 5.26 Å². The summed E-state index contributed by atoms with van der Waals surface area (Å²) in [6.45, 7) is 0. The fourth-order valence-corrected chi connectivity index (χ4v) is 1.49. The minimum absolute atomic E-state index is 0.0357. The summed E-state index contributed by atoms with van der Waals surface area (Å²) in [5.41, 5.74) is -0.488. The van der Waals surface area contributed by atoms with Crippen LogP contribution in [0.1, 0.15) is 17.7 Å². The van der Waals surface area contributed by atoms with Gasteiger partial charge in [0, 0.05) is 10.6 Å². The van der Waals surface area contributed by atoms with Gasteiger partial charge in [-0.1, -0.05) is 23.2 Å². The molecule has 0 fully saturated rings. The maximum Gasteiger partial charge on any atom is 0.280 e. The molecule has 0 saturated heterocycles. The second-order valence-corrected chi connectivity index (χ2v) is 3.22. The first kappa shape index (κ1) is 11.2. The average Bonchev–Trinajstić information content (AvgIpc) is 2.09. The van der Waals surface area contributed by atoms with E-state index in [1.54, 1.807) is 6.07 Å². The highest BCUT2D eigenvalue weighted by molar-refractivity contribution is 6.34. The van der Waals surface area contributed by atoms with Crippen molar-refractivity contribution in [3.05, 3.63) is 27.5 Å². The molecule has 0 amide bonds. The van der Waals surface area contributed by atoms with Gasteiger partial charge in [-0.05, 0) is 6.07 Å². The van der Waals surface area contributed by atoms with Crippen molar-refractivity contribution in [3.8, 4) is 6.07 Å². The third-order valence-electron chi connectivity index (χ3n) is 1.53. The second kappa shape index (κ2) is 4.54. The van der Waals surface area contributed by atoms with Crippen LogP contribution in [0.5, 0.6) is 0 Å². The van der Waals surface area contributed by atoms with Gasteiger partial charge in [-0.25, -0.2) is 13.8 Å². The van der Waals surface area contributed by atoms with Gasteiger partial charge in [-0.3, -0.25) is 0 Å². The van der Waals surface area contributed by atoms with Gasteiger partial charge in [0.2, 0.25) is 0 Å². The number of nitrogens with zero attached hydrogens (tertiary/aromatic N) is 2. The quantitative estimate of drug-likeness (QED) is 0.739. The maximum atomic E-state index is 12.4. The van der Waals surface area contributed by atoms with Crippen LogP contribution in [0.4, 0.5) is 8.78 Å². The Balaban J connectivity index is 3.30. The van der Waals surface area contributed by atoms with Crippen LogP contribution in [0.15, 0.2) is 6.07 Å². The van der Waals surface area contributed by atoms with Gasteiger partial charge in [0.25, 0.3) is 6.43 Å². The Morgan fingerprint density at radius 3 is 2.64 bits per heavy atom. The third-order valence-corrected chi connectivity index (χ3v) is 2.06. The zero-order valence-electron chi connectivity index (χ0n) is 6.77. The molecule has 74 valence electrons. The van der Waals surface area contributed by atoms with E-state index in [-0.39, 0.29) is 22.2 Å². The van der Waals surface area contributed by atoms with Crippen molar-refractivity contribution in [1.82, 2.24) is 4.98 Å². The molecule has 0 radical (unpaired) electrons. The van der Waals surface area contributed by atoms with Crippen molar-refractivity contribution in [2.45, 2.75) is 12.8 Å². The zero-order chi connectivity index (χ0) is 10.7. The summed E-state index contributed by atoms with van der Waals surface area (Å²) in [6.07, 6.45) is -2.99. The Labute approximate surface area is 89.1 Å². The largest absolute Gasteiger partial charge is 0.280 e. The third kappa shape index (κ3) is 2.31. The Morgan fingerprint density at radius 1 is 1.50 bits per heavy atom. The molecule has 0 aromatic carbocycles. The SMILES string of the molecule is N#CCc1c(Cl)cc(Cl)nc1C(F)F. The van der Waals surface area contributed by atoms with Crippen LogP contribution in [-0.2, 0) is 6.42 Å². The van der Waals surface area contributed by atoms with Gasteiger partial charge < -0.3 is 0 Å². The number of hydrogen-bond donors (Lipinski definition) is 0. The van der Waals surface area contributed by atoms with Crippen LogP contribution < -0.4 is 0 Å². The van der Waals surface area contributed by atoms with E-state index in [2.05, 4.69) is 4.98 Å². The first-order chi connectivity index (χ1) is 6.56. The summed E-state index contributed by atoms with van der Waals surface area (Å²) >= 11 is 11.1. The molecule has 0 N–H and O–H groups in total. The molecule has 0 atom stereocenters. The maximum absolute atomic E-state index is 12.4. The van der Waals surface area contributed by atoms with Gasteiger partial charge >= 0.3 is 0 Å². The number of hydrogen-bond acceptors (Lipinski definition) is 2. The molecule has 6 heteroatoms.